The molecule has 1 N–H and O–H groups in total. The van der Waals surface area contributed by atoms with E-state index in [1.54, 1.807) is 11.8 Å². The number of benzene rings is 1. The van der Waals surface area contributed by atoms with Crippen molar-refractivity contribution in [1.82, 2.24) is 15.2 Å². The second-order valence-electron chi connectivity index (χ2n) is 6.24. The number of oxazole rings is 1. The van der Waals surface area contributed by atoms with Crippen molar-refractivity contribution in [2.75, 3.05) is 6.54 Å². The maximum atomic E-state index is 12.5. The monoisotopic (exact) mass is 327 g/mol. The normalized spacial score (nSPS) is 17.6. The molecule has 2 aromatic rings. The molecule has 0 radical (unpaired) electrons. The fourth-order valence-corrected chi connectivity index (χ4v) is 2.88. The van der Waals surface area contributed by atoms with Crippen LogP contribution in [0.15, 0.2) is 34.7 Å². The van der Waals surface area contributed by atoms with E-state index in [1.807, 2.05) is 44.2 Å². The number of likely N-dealkylation sites (tertiary alicyclic amines) is 1. The molecule has 3 rings (SSSR count). The molecule has 0 bridgehead atoms. The first-order valence-corrected chi connectivity index (χ1v) is 8.11. The van der Waals surface area contributed by atoms with Crippen molar-refractivity contribution < 1.29 is 14.0 Å². The summed E-state index contributed by atoms with van der Waals surface area (Å²) in [7, 11) is 0. The summed E-state index contributed by atoms with van der Waals surface area (Å²) < 4.78 is 5.63. The zero-order chi connectivity index (χ0) is 17.3. The van der Waals surface area contributed by atoms with E-state index in [1.165, 1.54) is 0 Å². The summed E-state index contributed by atoms with van der Waals surface area (Å²) in [6.07, 6.45) is 0.613. The smallest absolute Gasteiger partial charge is 0.289 e. The summed E-state index contributed by atoms with van der Waals surface area (Å²) in [5.41, 5.74) is 1.32. The van der Waals surface area contributed by atoms with Crippen LogP contribution in [0.3, 0.4) is 0 Å². The molecule has 1 atom stereocenters. The number of rotatable bonds is 4. The van der Waals surface area contributed by atoms with Gasteiger partial charge < -0.3 is 14.6 Å². The summed E-state index contributed by atoms with van der Waals surface area (Å²) in [5.74, 6) is 0.120. The SMILES string of the molecule is Cc1nc(-c2ccccc2)oc1C(=O)N[C@H]1CCN(C(C)C)C1=O. The Morgan fingerprint density at radius 3 is 2.67 bits per heavy atom. The van der Waals surface area contributed by atoms with Gasteiger partial charge in [0.2, 0.25) is 17.6 Å². The number of carbonyl (C=O) groups is 2. The van der Waals surface area contributed by atoms with E-state index in [4.69, 9.17) is 4.42 Å². The molecule has 2 amide bonds. The van der Waals surface area contributed by atoms with Gasteiger partial charge in [-0.1, -0.05) is 18.2 Å². The minimum atomic E-state index is -0.496. The summed E-state index contributed by atoms with van der Waals surface area (Å²) in [6, 6.07) is 9.04. The van der Waals surface area contributed by atoms with Crippen LogP contribution in [0.5, 0.6) is 0 Å². The van der Waals surface area contributed by atoms with E-state index in [2.05, 4.69) is 10.3 Å². The van der Waals surface area contributed by atoms with E-state index in [0.29, 0.717) is 24.6 Å². The average Bonchev–Trinajstić information content (AvgIpc) is 3.12. The largest absolute Gasteiger partial charge is 0.431 e. The van der Waals surface area contributed by atoms with Crippen LogP contribution in [-0.4, -0.2) is 40.3 Å². The zero-order valence-electron chi connectivity index (χ0n) is 14.1. The molecule has 6 heteroatoms. The third-order valence-electron chi connectivity index (χ3n) is 4.19. The number of nitrogens with zero attached hydrogens (tertiary/aromatic N) is 2. The van der Waals surface area contributed by atoms with Crippen molar-refractivity contribution in [2.24, 2.45) is 0 Å². The molecular formula is C18H21N3O3. The highest BCUT2D eigenvalue weighted by molar-refractivity contribution is 5.97. The van der Waals surface area contributed by atoms with E-state index in [-0.39, 0.29) is 17.7 Å². The molecule has 0 spiro atoms. The molecule has 1 aromatic heterocycles. The van der Waals surface area contributed by atoms with Gasteiger partial charge in [-0.3, -0.25) is 9.59 Å². The highest BCUT2D eigenvalue weighted by Gasteiger charge is 2.35. The number of hydrogen-bond acceptors (Lipinski definition) is 4. The summed E-state index contributed by atoms with van der Waals surface area (Å²) in [5, 5.41) is 2.77. The van der Waals surface area contributed by atoms with Gasteiger partial charge in [0.05, 0.1) is 5.69 Å². The lowest BCUT2D eigenvalue weighted by Crippen LogP contribution is -2.43. The third-order valence-corrected chi connectivity index (χ3v) is 4.19. The number of nitrogens with one attached hydrogen (secondary N) is 1. The van der Waals surface area contributed by atoms with Crippen molar-refractivity contribution in [3.05, 3.63) is 41.8 Å². The van der Waals surface area contributed by atoms with E-state index in [0.717, 1.165) is 5.56 Å². The van der Waals surface area contributed by atoms with Crippen LogP contribution in [0.1, 0.15) is 36.5 Å². The Morgan fingerprint density at radius 1 is 1.33 bits per heavy atom. The lowest BCUT2D eigenvalue weighted by atomic mass is 10.2. The van der Waals surface area contributed by atoms with Gasteiger partial charge in [0.25, 0.3) is 5.91 Å². The Balaban J connectivity index is 1.75. The number of aryl methyl sites for hydroxylation is 1. The Labute approximate surface area is 140 Å². The van der Waals surface area contributed by atoms with Crippen molar-refractivity contribution in [2.45, 2.75) is 39.3 Å². The van der Waals surface area contributed by atoms with Gasteiger partial charge in [-0.25, -0.2) is 4.98 Å². The van der Waals surface area contributed by atoms with Gasteiger partial charge in [-0.15, -0.1) is 0 Å². The highest BCUT2D eigenvalue weighted by atomic mass is 16.4. The number of amides is 2. The van der Waals surface area contributed by atoms with Crippen molar-refractivity contribution in [1.29, 1.82) is 0 Å². The molecule has 1 fully saturated rings. The molecule has 1 aliphatic heterocycles. The van der Waals surface area contributed by atoms with Crippen LogP contribution >= 0.6 is 0 Å². The zero-order valence-corrected chi connectivity index (χ0v) is 14.1. The van der Waals surface area contributed by atoms with Crippen LogP contribution in [0, 0.1) is 6.92 Å². The molecule has 0 saturated carbocycles. The third kappa shape index (κ3) is 3.04. The molecule has 0 unspecified atom stereocenters. The quantitative estimate of drug-likeness (QED) is 0.935. The molecule has 24 heavy (non-hydrogen) atoms. The molecule has 1 aromatic carbocycles. The van der Waals surface area contributed by atoms with E-state index < -0.39 is 11.9 Å². The number of hydrogen-bond donors (Lipinski definition) is 1. The van der Waals surface area contributed by atoms with Crippen molar-refractivity contribution in [3.63, 3.8) is 0 Å². The van der Waals surface area contributed by atoms with Gasteiger partial charge in [-0.05, 0) is 39.3 Å². The first-order chi connectivity index (χ1) is 11.5. The Morgan fingerprint density at radius 2 is 2.04 bits per heavy atom. The second-order valence-corrected chi connectivity index (χ2v) is 6.24. The van der Waals surface area contributed by atoms with Gasteiger partial charge in [0.15, 0.2) is 0 Å². The van der Waals surface area contributed by atoms with Crippen molar-refractivity contribution >= 4 is 11.8 Å². The Bertz CT molecular complexity index is 752. The van der Waals surface area contributed by atoms with Crippen molar-refractivity contribution in [3.8, 4) is 11.5 Å². The molecule has 0 aliphatic carbocycles. The molecule has 1 aliphatic rings. The minimum absolute atomic E-state index is 0.0428. The predicted molar refractivity (Wildman–Crippen MR) is 89.4 cm³/mol. The van der Waals surface area contributed by atoms with Gasteiger partial charge in [-0.2, -0.15) is 0 Å². The van der Waals surface area contributed by atoms with Gasteiger partial charge in [0.1, 0.15) is 6.04 Å². The topological polar surface area (TPSA) is 75.4 Å². The fourth-order valence-electron chi connectivity index (χ4n) is 2.88. The van der Waals surface area contributed by atoms with Crippen LogP contribution < -0.4 is 5.32 Å². The molecule has 126 valence electrons. The van der Waals surface area contributed by atoms with Crippen LogP contribution in [0.4, 0.5) is 0 Å². The number of carbonyl (C=O) groups excluding carboxylic acids is 2. The van der Waals surface area contributed by atoms with E-state index >= 15 is 0 Å². The summed E-state index contributed by atoms with van der Waals surface area (Å²) in [6.45, 7) is 6.32. The predicted octanol–water partition coefficient (Wildman–Crippen LogP) is 2.39. The average molecular weight is 327 g/mol. The molecule has 6 nitrogen and oxygen atoms in total. The van der Waals surface area contributed by atoms with Gasteiger partial charge >= 0.3 is 0 Å². The second kappa shape index (κ2) is 6.47. The first kappa shape index (κ1) is 16.2. The fraction of sp³-hybridized carbons (Fsp3) is 0.389. The lowest BCUT2D eigenvalue weighted by Gasteiger charge is -2.20. The Kier molecular flexibility index (Phi) is 4.38. The lowest BCUT2D eigenvalue weighted by molar-refractivity contribution is -0.130. The first-order valence-electron chi connectivity index (χ1n) is 8.11. The minimum Gasteiger partial charge on any atom is -0.431 e. The summed E-state index contributed by atoms with van der Waals surface area (Å²) >= 11 is 0. The standard InChI is InChI=1S/C18H21N3O3/c1-11(2)21-10-9-14(18(21)23)20-16(22)15-12(3)19-17(24-15)13-7-5-4-6-8-13/h4-8,11,14H,9-10H2,1-3H3,(H,20,22)/t14-/m0/s1. The van der Waals surface area contributed by atoms with Crippen LogP contribution in [0.2, 0.25) is 0 Å². The number of aromatic nitrogens is 1. The summed E-state index contributed by atoms with van der Waals surface area (Å²) in [4.78, 5) is 30.9. The molecule has 2 heterocycles. The Hall–Kier alpha value is -2.63. The highest BCUT2D eigenvalue weighted by Crippen LogP contribution is 2.22. The maximum Gasteiger partial charge on any atom is 0.289 e. The van der Waals surface area contributed by atoms with Gasteiger partial charge in [0, 0.05) is 18.2 Å². The maximum absolute atomic E-state index is 12.5. The molecule has 1 saturated heterocycles. The molecular weight excluding hydrogens is 306 g/mol. The van der Waals surface area contributed by atoms with Crippen LogP contribution in [0.25, 0.3) is 11.5 Å². The van der Waals surface area contributed by atoms with E-state index in [9.17, 15) is 9.59 Å². The van der Waals surface area contributed by atoms with Crippen LogP contribution in [-0.2, 0) is 4.79 Å².